The minimum Gasteiger partial charge on any atom is -0.475 e. The minimum atomic E-state index is -1.14. The molecule has 0 bridgehead atoms. The Morgan fingerprint density at radius 3 is 2.76 bits per heavy atom. The summed E-state index contributed by atoms with van der Waals surface area (Å²) in [6.45, 7) is 2.17. The number of fused-ring (bicyclic) bond motifs is 1. The summed E-state index contributed by atoms with van der Waals surface area (Å²) in [4.78, 5) is 19.3. The number of nitrogens with zero attached hydrogens (tertiary/aromatic N) is 2. The number of hydrogen-bond acceptors (Lipinski definition) is 4. The van der Waals surface area contributed by atoms with Crippen LogP contribution in [0.15, 0.2) is 24.3 Å². The second-order valence-electron chi connectivity index (χ2n) is 5.59. The van der Waals surface area contributed by atoms with Gasteiger partial charge >= 0.3 is 5.97 Å². The summed E-state index contributed by atoms with van der Waals surface area (Å²) < 4.78 is 6.06. The molecule has 5 heteroatoms. The molecule has 5 nitrogen and oxygen atoms in total. The standard InChI is InChI=1S/C16H18N2O3/c1-10-6-2-5-9-13(10)21-15-11-7-3-4-8-12(11)17-14(18-15)16(19)20/h3-4,7-8,10,13H,2,5-6,9H2,1H3,(H,19,20). The normalized spacial score (nSPS) is 22.1. The molecule has 2 aromatic rings. The highest BCUT2D eigenvalue weighted by molar-refractivity contribution is 5.89. The van der Waals surface area contributed by atoms with Gasteiger partial charge in [0.2, 0.25) is 11.7 Å². The zero-order chi connectivity index (χ0) is 14.8. The molecule has 1 N–H and O–H groups in total. The molecule has 0 radical (unpaired) electrons. The largest absolute Gasteiger partial charge is 0.475 e. The Balaban J connectivity index is 2.01. The summed E-state index contributed by atoms with van der Waals surface area (Å²) in [6.07, 6.45) is 4.59. The van der Waals surface area contributed by atoms with Crippen molar-refractivity contribution < 1.29 is 14.6 Å². The molecule has 1 saturated carbocycles. The SMILES string of the molecule is CC1CCCCC1Oc1nc(C(=O)O)nc2ccccc12. The van der Waals surface area contributed by atoms with E-state index in [1.807, 2.05) is 18.2 Å². The van der Waals surface area contributed by atoms with Crippen LogP contribution < -0.4 is 4.74 Å². The molecule has 1 fully saturated rings. The van der Waals surface area contributed by atoms with Gasteiger partial charge in [0.25, 0.3) is 0 Å². The van der Waals surface area contributed by atoms with Crippen LogP contribution in [0.4, 0.5) is 0 Å². The fourth-order valence-corrected chi connectivity index (χ4v) is 2.83. The van der Waals surface area contributed by atoms with Crippen LogP contribution in [0.2, 0.25) is 0 Å². The molecule has 110 valence electrons. The summed E-state index contributed by atoms with van der Waals surface area (Å²) in [5, 5.41) is 9.91. The molecular weight excluding hydrogens is 268 g/mol. The predicted octanol–water partition coefficient (Wildman–Crippen LogP) is 3.29. The van der Waals surface area contributed by atoms with Crippen molar-refractivity contribution in [3.05, 3.63) is 30.1 Å². The number of aromatic nitrogens is 2. The Labute approximate surface area is 123 Å². The Kier molecular flexibility index (Phi) is 3.73. The lowest BCUT2D eigenvalue weighted by molar-refractivity contribution is 0.0676. The van der Waals surface area contributed by atoms with Gasteiger partial charge in [-0.25, -0.2) is 9.78 Å². The smallest absolute Gasteiger partial charge is 0.374 e. The highest BCUT2D eigenvalue weighted by Crippen LogP contribution is 2.30. The van der Waals surface area contributed by atoms with Gasteiger partial charge in [0, 0.05) is 0 Å². The van der Waals surface area contributed by atoms with E-state index >= 15 is 0 Å². The molecule has 0 aliphatic heterocycles. The van der Waals surface area contributed by atoms with Crippen molar-refractivity contribution in [1.29, 1.82) is 0 Å². The molecule has 1 aliphatic carbocycles. The summed E-state index contributed by atoms with van der Waals surface area (Å²) in [5.74, 6) is -0.507. The minimum absolute atomic E-state index is 0.0960. The number of carboxylic acid groups (broad SMARTS) is 1. The maximum atomic E-state index is 11.2. The van der Waals surface area contributed by atoms with Gasteiger partial charge < -0.3 is 9.84 Å². The fraction of sp³-hybridized carbons (Fsp3) is 0.438. The number of para-hydroxylation sites is 1. The molecular formula is C16H18N2O3. The van der Waals surface area contributed by atoms with Gasteiger partial charge in [-0.3, -0.25) is 0 Å². The first-order valence-electron chi connectivity index (χ1n) is 7.32. The van der Waals surface area contributed by atoms with Crippen LogP contribution in [0.3, 0.4) is 0 Å². The highest BCUT2D eigenvalue weighted by atomic mass is 16.5. The van der Waals surface area contributed by atoms with Crippen molar-refractivity contribution in [1.82, 2.24) is 9.97 Å². The quantitative estimate of drug-likeness (QED) is 0.937. The third kappa shape index (κ3) is 2.82. The van der Waals surface area contributed by atoms with Gasteiger partial charge in [-0.1, -0.05) is 25.5 Å². The number of carboxylic acids is 1. The molecule has 0 spiro atoms. The lowest BCUT2D eigenvalue weighted by atomic mass is 9.88. The molecule has 2 atom stereocenters. The Hall–Kier alpha value is -2.17. The van der Waals surface area contributed by atoms with E-state index in [9.17, 15) is 4.79 Å². The number of ether oxygens (including phenoxy) is 1. The van der Waals surface area contributed by atoms with E-state index < -0.39 is 5.97 Å². The maximum Gasteiger partial charge on any atom is 0.374 e. The molecule has 1 aromatic heterocycles. The van der Waals surface area contributed by atoms with Crippen molar-refractivity contribution in [3.8, 4) is 5.88 Å². The third-order valence-corrected chi connectivity index (χ3v) is 4.06. The van der Waals surface area contributed by atoms with Crippen LogP contribution >= 0.6 is 0 Å². The van der Waals surface area contributed by atoms with Gasteiger partial charge in [0.1, 0.15) is 6.10 Å². The van der Waals surface area contributed by atoms with E-state index in [4.69, 9.17) is 9.84 Å². The number of rotatable bonds is 3. The first-order chi connectivity index (χ1) is 10.1. The summed E-state index contributed by atoms with van der Waals surface area (Å²) in [6, 6.07) is 7.35. The monoisotopic (exact) mass is 286 g/mol. The number of benzene rings is 1. The molecule has 21 heavy (non-hydrogen) atoms. The van der Waals surface area contributed by atoms with Gasteiger partial charge in [-0.2, -0.15) is 4.98 Å². The van der Waals surface area contributed by atoms with Crippen LogP contribution in [0.1, 0.15) is 43.2 Å². The second kappa shape index (κ2) is 5.68. The molecule has 1 heterocycles. The molecule has 0 amide bonds. The van der Waals surface area contributed by atoms with Gasteiger partial charge in [-0.05, 0) is 37.3 Å². The van der Waals surface area contributed by atoms with E-state index in [1.54, 1.807) is 6.07 Å². The number of hydrogen-bond donors (Lipinski definition) is 1. The second-order valence-corrected chi connectivity index (χ2v) is 5.59. The summed E-state index contributed by atoms with van der Waals surface area (Å²) >= 11 is 0. The molecule has 1 aromatic carbocycles. The van der Waals surface area contributed by atoms with Gasteiger partial charge in [-0.15, -0.1) is 0 Å². The van der Waals surface area contributed by atoms with Crippen LogP contribution in [-0.4, -0.2) is 27.1 Å². The van der Waals surface area contributed by atoms with E-state index in [0.717, 1.165) is 24.6 Å². The predicted molar refractivity (Wildman–Crippen MR) is 78.5 cm³/mol. The Bertz CT molecular complexity index is 672. The molecule has 3 rings (SSSR count). The van der Waals surface area contributed by atoms with Crippen molar-refractivity contribution in [2.24, 2.45) is 5.92 Å². The van der Waals surface area contributed by atoms with E-state index in [-0.39, 0.29) is 11.9 Å². The van der Waals surface area contributed by atoms with Crippen LogP contribution in [-0.2, 0) is 0 Å². The first-order valence-corrected chi connectivity index (χ1v) is 7.32. The molecule has 0 saturated heterocycles. The first kappa shape index (κ1) is 13.8. The van der Waals surface area contributed by atoms with Crippen molar-refractivity contribution in [2.75, 3.05) is 0 Å². The Morgan fingerprint density at radius 1 is 1.24 bits per heavy atom. The average molecular weight is 286 g/mol. The zero-order valence-corrected chi connectivity index (χ0v) is 12.0. The van der Waals surface area contributed by atoms with Gasteiger partial charge in [0.15, 0.2) is 0 Å². The number of aromatic carboxylic acids is 1. The molecule has 2 unspecified atom stereocenters. The molecule has 1 aliphatic rings. The lowest BCUT2D eigenvalue weighted by Crippen LogP contribution is -2.29. The van der Waals surface area contributed by atoms with Crippen LogP contribution in [0, 0.1) is 5.92 Å². The zero-order valence-electron chi connectivity index (χ0n) is 12.0. The Morgan fingerprint density at radius 2 is 2.00 bits per heavy atom. The lowest BCUT2D eigenvalue weighted by Gasteiger charge is -2.29. The maximum absolute atomic E-state index is 11.2. The van der Waals surface area contributed by atoms with Crippen LogP contribution in [0.5, 0.6) is 5.88 Å². The topological polar surface area (TPSA) is 72.3 Å². The summed E-state index contributed by atoms with van der Waals surface area (Å²) in [5.41, 5.74) is 0.600. The van der Waals surface area contributed by atoms with E-state index in [2.05, 4.69) is 16.9 Å². The highest BCUT2D eigenvalue weighted by Gasteiger charge is 2.25. The van der Waals surface area contributed by atoms with Crippen molar-refractivity contribution >= 4 is 16.9 Å². The summed E-state index contributed by atoms with van der Waals surface area (Å²) in [7, 11) is 0. The number of carbonyl (C=O) groups is 1. The fourth-order valence-electron chi connectivity index (χ4n) is 2.83. The van der Waals surface area contributed by atoms with Crippen LogP contribution in [0.25, 0.3) is 10.9 Å². The van der Waals surface area contributed by atoms with Crippen molar-refractivity contribution in [2.45, 2.75) is 38.7 Å². The van der Waals surface area contributed by atoms with Gasteiger partial charge in [0.05, 0.1) is 10.9 Å². The average Bonchev–Trinajstić information content (AvgIpc) is 2.49. The third-order valence-electron chi connectivity index (χ3n) is 4.06. The van der Waals surface area contributed by atoms with E-state index in [0.29, 0.717) is 17.3 Å². The van der Waals surface area contributed by atoms with E-state index in [1.165, 1.54) is 6.42 Å². The van der Waals surface area contributed by atoms with Crippen molar-refractivity contribution in [3.63, 3.8) is 0 Å².